The van der Waals surface area contributed by atoms with Crippen LogP contribution in [0.3, 0.4) is 0 Å². The van der Waals surface area contributed by atoms with Gasteiger partial charge in [-0.05, 0) is 37.9 Å². The van der Waals surface area contributed by atoms with Crippen LogP contribution < -0.4 is 5.32 Å². The van der Waals surface area contributed by atoms with Crippen molar-refractivity contribution in [3.63, 3.8) is 0 Å². The summed E-state index contributed by atoms with van der Waals surface area (Å²) in [7, 11) is 0. The molecule has 1 aromatic carbocycles. The highest BCUT2D eigenvalue weighted by Gasteiger charge is 2.47. The van der Waals surface area contributed by atoms with E-state index in [1.807, 2.05) is 11.8 Å². The second-order valence-corrected chi connectivity index (χ2v) is 6.87. The first-order valence-electron chi connectivity index (χ1n) is 8.60. The van der Waals surface area contributed by atoms with Gasteiger partial charge in [0.05, 0.1) is 6.54 Å². The van der Waals surface area contributed by atoms with Gasteiger partial charge in [0.2, 0.25) is 5.91 Å². The number of likely N-dealkylation sites (N-methyl/N-ethyl adjacent to an activating group) is 1. The number of rotatable bonds is 7. The summed E-state index contributed by atoms with van der Waals surface area (Å²) in [5, 5.41) is 11.8. The van der Waals surface area contributed by atoms with Crippen LogP contribution in [-0.2, 0) is 9.59 Å². The van der Waals surface area contributed by atoms with Gasteiger partial charge in [0.1, 0.15) is 11.6 Å². The molecule has 5 nitrogen and oxygen atoms in total. The Morgan fingerprint density at radius 1 is 1.24 bits per heavy atom. The van der Waals surface area contributed by atoms with E-state index in [-0.39, 0.29) is 36.0 Å². The minimum absolute atomic E-state index is 0.000900. The van der Waals surface area contributed by atoms with Crippen LogP contribution in [0, 0.1) is 17.6 Å². The van der Waals surface area contributed by atoms with Gasteiger partial charge in [-0.25, -0.2) is 8.78 Å². The fourth-order valence-corrected chi connectivity index (χ4v) is 3.65. The molecule has 2 aliphatic rings. The Morgan fingerprint density at radius 2 is 1.88 bits per heavy atom. The van der Waals surface area contributed by atoms with Crippen molar-refractivity contribution in [2.45, 2.75) is 44.2 Å². The third kappa shape index (κ3) is 3.81. The molecule has 7 heteroatoms. The molecule has 0 radical (unpaired) electrons. The van der Waals surface area contributed by atoms with Crippen LogP contribution in [0.25, 0.3) is 0 Å². The number of carbonyl (C=O) groups excluding carboxylic acids is 1. The van der Waals surface area contributed by atoms with E-state index in [0.717, 1.165) is 0 Å². The maximum atomic E-state index is 13.8. The van der Waals surface area contributed by atoms with E-state index in [1.165, 1.54) is 18.2 Å². The molecule has 0 saturated heterocycles. The zero-order valence-corrected chi connectivity index (χ0v) is 14.0. The number of nitrogens with zero attached hydrogens (tertiary/aromatic N) is 1. The number of amides is 1. The Hall–Kier alpha value is -2.02. The zero-order valence-electron chi connectivity index (χ0n) is 14.0. The predicted molar refractivity (Wildman–Crippen MR) is 87.0 cm³/mol. The lowest BCUT2D eigenvalue weighted by molar-refractivity contribution is -0.139. The van der Waals surface area contributed by atoms with Crippen molar-refractivity contribution in [2.24, 2.45) is 5.92 Å². The molecule has 0 heterocycles. The lowest BCUT2D eigenvalue weighted by Crippen LogP contribution is -2.55. The van der Waals surface area contributed by atoms with E-state index in [2.05, 4.69) is 5.32 Å². The number of hydrogen-bond donors (Lipinski definition) is 2. The number of halogens is 2. The molecule has 2 fully saturated rings. The second-order valence-electron chi connectivity index (χ2n) is 6.87. The van der Waals surface area contributed by atoms with Crippen LogP contribution in [0.1, 0.15) is 37.7 Å². The summed E-state index contributed by atoms with van der Waals surface area (Å²) in [6.07, 6.45) is 1.87. The fourth-order valence-electron chi connectivity index (χ4n) is 3.65. The maximum Gasteiger partial charge on any atom is 0.317 e. The highest BCUT2D eigenvalue weighted by atomic mass is 19.1. The van der Waals surface area contributed by atoms with Crippen LogP contribution in [0.15, 0.2) is 18.2 Å². The monoisotopic (exact) mass is 352 g/mol. The van der Waals surface area contributed by atoms with Crippen LogP contribution in [0.4, 0.5) is 8.78 Å². The lowest BCUT2D eigenvalue weighted by atomic mass is 9.85. The van der Waals surface area contributed by atoms with Crippen molar-refractivity contribution in [1.29, 1.82) is 0 Å². The third-order valence-corrected chi connectivity index (χ3v) is 5.22. The molecule has 3 rings (SSSR count). The van der Waals surface area contributed by atoms with E-state index < -0.39 is 23.5 Å². The van der Waals surface area contributed by atoms with Crippen LogP contribution in [0.2, 0.25) is 0 Å². The largest absolute Gasteiger partial charge is 0.480 e. The molecule has 2 N–H and O–H groups in total. The van der Waals surface area contributed by atoms with Gasteiger partial charge in [0.15, 0.2) is 0 Å². The first-order chi connectivity index (χ1) is 11.9. The molecule has 0 bridgehead atoms. The van der Waals surface area contributed by atoms with Crippen molar-refractivity contribution in [1.82, 2.24) is 10.2 Å². The second kappa shape index (κ2) is 7.07. The number of carboxylic acid groups (broad SMARTS) is 1. The highest BCUT2D eigenvalue weighted by Crippen LogP contribution is 2.49. The van der Waals surface area contributed by atoms with Crippen molar-refractivity contribution in [3.05, 3.63) is 35.4 Å². The molecule has 1 aromatic rings. The van der Waals surface area contributed by atoms with E-state index >= 15 is 0 Å². The molecule has 0 aromatic heterocycles. The van der Waals surface area contributed by atoms with E-state index in [1.54, 1.807) is 0 Å². The SMILES string of the molecule is CCN(CC(=O)O)C1CC(NC(=O)C2CC2c2c(F)cccc2F)C1. The van der Waals surface area contributed by atoms with Gasteiger partial charge in [-0.2, -0.15) is 0 Å². The minimum atomic E-state index is -0.859. The summed E-state index contributed by atoms with van der Waals surface area (Å²) in [5.74, 6) is -3.00. The molecular weight excluding hydrogens is 330 g/mol. The van der Waals surface area contributed by atoms with Gasteiger partial charge < -0.3 is 10.4 Å². The fraction of sp³-hybridized carbons (Fsp3) is 0.556. The molecule has 1 amide bonds. The number of aliphatic carboxylic acids is 1. The quantitative estimate of drug-likeness (QED) is 0.789. The topological polar surface area (TPSA) is 69.6 Å². The van der Waals surface area contributed by atoms with Crippen LogP contribution >= 0.6 is 0 Å². The Labute approximate surface area is 145 Å². The maximum absolute atomic E-state index is 13.8. The summed E-state index contributed by atoms with van der Waals surface area (Å²) in [5.41, 5.74) is 0.00718. The van der Waals surface area contributed by atoms with Crippen LogP contribution in [-0.4, -0.2) is 47.1 Å². The molecule has 2 unspecified atom stereocenters. The molecule has 25 heavy (non-hydrogen) atoms. The van der Waals surface area contributed by atoms with E-state index in [4.69, 9.17) is 5.11 Å². The summed E-state index contributed by atoms with van der Waals surface area (Å²) in [6.45, 7) is 2.56. The molecule has 2 saturated carbocycles. The zero-order chi connectivity index (χ0) is 18.1. The Bertz CT molecular complexity index is 656. The number of benzene rings is 1. The minimum Gasteiger partial charge on any atom is -0.480 e. The summed E-state index contributed by atoms with van der Waals surface area (Å²) in [6, 6.07) is 3.91. The van der Waals surface area contributed by atoms with E-state index in [0.29, 0.717) is 25.8 Å². The van der Waals surface area contributed by atoms with E-state index in [9.17, 15) is 18.4 Å². The van der Waals surface area contributed by atoms with Crippen molar-refractivity contribution in [2.75, 3.05) is 13.1 Å². The molecule has 0 spiro atoms. The summed E-state index contributed by atoms with van der Waals surface area (Å²) < 4.78 is 27.6. The highest BCUT2D eigenvalue weighted by molar-refractivity contribution is 5.83. The number of carbonyl (C=O) groups is 2. The van der Waals surface area contributed by atoms with Gasteiger partial charge in [0.25, 0.3) is 0 Å². The summed E-state index contributed by atoms with van der Waals surface area (Å²) >= 11 is 0. The Morgan fingerprint density at radius 3 is 2.44 bits per heavy atom. The lowest BCUT2D eigenvalue weighted by Gasteiger charge is -2.42. The molecule has 0 aliphatic heterocycles. The molecule has 2 atom stereocenters. The van der Waals surface area contributed by atoms with Gasteiger partial charge in [0, 0.05) is 29.5 Å². The molecule has 2 aliphatic carbocycles. The first kappa shape index (κ1) is 17.8. The van der Waals surface area contributed by atoms with Gasteiger partial charge in [-0.3, -0.25) is 14.5 Å². The Balaban J connectivity index is 1.48. The van der Waals surface area contributed by atoms with Crippen molar-refractivity contribution < 1.29 is 23.5 Å². The third-order valence-electron chi connectivity index (χ3n) is 5.22. The Kier molecular flexibility index (Phi) is 5.03. The molecule has 136 valence electrons. The number of carboxylic acids is 1. The predicted octanol–water partition coefficient (Wildman–Crippen LogP) is 2.12. The molecular formula is C18H22F2N2O3. The van der Waals surface area contributed by atoms with Gasteiger partial charge >= 0.3 is 5.97 Å². The van der Waals surface area contributed by atoms with Crippen molar-refractivity contribution in [3.8, 4) is 0 Å². The summed E-state index contributed by atoms with van der Waals surface area (Å²) in [4.78, 5) is 25.0. The smallest absolute Gasteiger partial charge is 0.317 e. The standard InChI is InChI=1S/C18H22F2N2O3/c1-2-22(9-16(23)24)11-6-10(7-11)21-18(25)13-8-12(13)17-14(19)4-3-5-15(17)20/h3-5,10-13H,2,6-9H2,1H3,(H,21,25)(H,23,24). The number of nitrogens with one attached hydrogen (secondary N) is 1. The van der Waals surface area contributed by atoms with Gasteiger partial charge in [-0.15, -0.1) is 0 Å². The average Bonchev–Trinajstić information content (AvgIpc) is 3.28. The first-order valence-corrected chi connectivity index (χ1v) is 8.60. The average molecular weight is 352 g/mol. The normalized spacial score (nSPS) is 27.7. The number of hydrogen-bond acceptors (Lipinski definition) is 3. The van der Waals surface area contributed by atoms with Crippen molar-refractivity contribution >= 4 is 11.9 Å². The van der Waals surface area contributed by atoms with Crippen LogP contribution in [0.5, 0.6) is 0 Å². The van der Waals surface area contributed by atoms with Gasteiger partial charge in [-0.1, -0.05) is 13.0 Å².